The molecule has 0 bridgehead atoms. The molecule has 0 unspecified atom stereocenters. The van der Waals surface area contributed by atoms with Gasteiger partial charge in [0.05, 0.1) is 16.4 Å². The van der Waals surface area contributed by atoms with E-state index in [1.54, 1.807) is 11.8 Å². The van der Waals surface area contributed by atoms with Crippen molar-refractivity contribution in [2.45, 2.75) is 18.7 Å². The standard InChI is InChI=1S/C9H11FN2O5S/c1-3-17-11-18(15,16)7-4-6(2)9(10)8(5-7)12(13)14/h4-5,11H,3H2,1-2H3. The van der Waals surface area contributed by atoms with Crippen molar-refractivity contribution in [1.29, 1.82) is 0 Å². The smallest absolute Gasteiger partial charge is 0.287 e. The largest absolute Gasteiger partial charge is 0.306 e. The summed E-state index contributed by atoms with van der Waals surface area (Å²) < 4.78 is 36.7. The SMILES string of the molecule is CCONS(=O)(=O)c1cc(C)c(F)c([N+](=O)[O-])c1. The van der Waals surface area contributed by atoms with Crippen LogP contribution >= 0.6 is 0 Å². The summed E-state index contributed by atoms with van der Waals surface area (Å²) >= 11 is 0. The third-order valence-corrected chi connectivity index (χ3v) is 3.22. The molecule has 0 radical (unpaired) electrons. The summed E-state index contributed by atoms with van der Waals surface area (Å²) in [6.45, 7) is 2.88. The quantitative estimate of drug-likeness (QED) is 0.646. The van der Waals surface area contributed by atoms with Crippen molar-refractivity contribution in [3.63, 3.8) is 0 Å². The molecule has 7 nitrogen and oxygen atoms in total. The zero-order chi connectivity index (χ0) is 13.9. The highest BCUT2D eigenvalue weighted by Crippen LogP contribution is 2.24. The van der Waals surface area contributed by atoms with Crippen LogP contribution in [0.2, 0.25) is 0 Å². The van der Waals surface area contributed by atoms with Gasteiger partial charge in [0.25, 0.3) is 10.0 Å². The molecule has 0 atom stereocenters. The molecule has 0 saturated heterocycles. The molecule has 0 saturated carbocycles. The minimum Gasteiger partial charge on any atom is -0.287 e. The lowest BCUT2D eigenvalue weighted by atomic mass is 10.2. The van der Waals surface area contributed by atoms with Crippen LogP contribution in [0.4, 0.5) is 10.1 Å². The van der Waals surface area contributed by atoms with Crippen LogP contribution in [0.1, 0.15) is 12.5 Å². The number of rotatable bonds is 5. The average molecular weight is 278 g/mol. The normalized spacial score (nSPS) is 11.5. The number of hydrogen-bond acceptors (Lipinski definition) is 5. The van der Waals surface area contributed by atoms with Crippen molar-refractivity contribution in [2.75, 3.05) is 6.61 Å². The van der Waals surface area contributed by atoms with Crippen molar-refractivity contribution in [2.24, 2.45) is 0 Å². The third-order valence-electron chi connectivity index (χ3n) is 2.03. The number of nitro benzene ring substituents is 1. The summed E-state index contributed by atoms with van der Waals surface area (Å²) in [6.07, 6.45) is 0. The summed E-state index contributed by atoms with van der Waals surface area (Å²) in [5, 5.41) is 10.6. The van der Waals surface area contributed by atoms with Crippen molar-refractivity contribution in [3.05, 3.63) is 33.6 Å². The van der Waals surface area contributed by atoms with Crippen LogP contribution < -0.4 is 4.89 Å². The monoisotopic (exact) mass is 278 g/mol. The highest BCUT2D eigenvalue weighted by molar-refractivity contribution is 7.89. The maximum absolute atomic E-state index is 13.4. The lowest BCUT2D eigenvalue weighted by Crippen LogP contribution is -2.24. The fourth-order valence-electron chi connectivity index (χ4n) is 1.19. The van der Waals surface area contributed by atoms with E-state index in [2.05, 4.69) is 4.84 Å². The molecule has 100 valence electrons. The number of sulfonamides is 1. The Bertz CT molecular complexity index is 573. The predicted octanol–water partition coefficient (Wildman–Crippen LogP) is 1.27. The molecule has 0 aromatic heterocycles. The van der Waals surface area contributed by atoms with E-state index in [1.807, 2.05) is 0 Å². The van der Waals surface area contributed by atoms with Gasteiger partial charge in [0.15, 0.2) is 0 Å². The highest BCUT2D eigenvalue weighted by atomic mass is 32.2. The maximum Gasteiger partial charge on any atom is 0.306 e. The highest BCUT2D eigenvalue weighted by Gasteiger charge is 2.23. The summed E-state index contributed by atoms with van der Waals surface area (Å²) in [5.41, 5.74) is -1.03. The van der Waals surface area contributed by atoms with Gasteiger partial charge in [-0.2, -0.15) is 4.39 Å². The van der Waals surface area contributed by atoms with E-state index in [-0.39, 0.29) is 12.2 Å². The Kier molecular flexibility index (Phi) is 4.33. The number of nitro groups is 1. The molecule has 18 heavy (non-hydrogen) atoms. The van der Waals surface area contributed by atoms with Gasteiger partial charge in [-0.1, -0.05) is 4.89 Å². The van der Waals surface area contributed by atoms with Gasteiger partial charge in [0, 0.05) is 6.07 Å². The number of benzene rings is 1. The molecule has 1 aromatic rings. The number of nitrogens with one attached hydrogen (secondary N) is 1. The first-order valence-corrected chi connectivity index (χ1v) is 6.36. The van der Waals surface area contributed by atoms with Crippen LogP contribution in [0.5, 0.6) is 0 Å². The van der Waals surface area contributed by atoms with Crippen LogP contribution in [-0.2, 0) is 14.9 Å². The molecule has 9 heteroatoms. The lowest BCUT2D eigenvalue weighted by molar-refractivity contribution is -0.387. The van der Waals surface area contributed by atoms with E-state index in [4.69, 9.17) is 0 Å². The van der Waals surface area contributed by atoms with Crippen molar-refractivity contribution in [1.82, 2.24) is 4.89 Å². The van der Waals surface area contributed by atoms with Crippen LogP contribution in [0.25, 0.3) is 0 Å². The van der Waals surface area contributed by atoms with E-state index in [1.165, 1.54) is 6.92 Å². The topological polar surface area (TPSA) is 98.5 Å². The third kappa shape index (κ3) is 3.00. The average Bonchev–Trinajstić information content (AvgIpc) is 2.29. The minimum absolute atomic E-state index is 0.0848. The van der Waals surface area contributed by atoms with Gasteiger partial charge in [0.1, 0.15) is 0 Å². The van der Waals surface area contributed by atoms with E-state index >= 15 is 0 Å². The second kappa shape index (κ2) is 5.38. The van der Waals surface area contributed by atoms with E-state index < -0.39 is 31.3 Å². The fourth-order valence-corrected chi connectivity index (χ4v) is 2.16. The Labute approximate surface area is 103 Å². The molecular weight excluding hydrogens is 267 g/mol. The molecule has 0 heterocycles. The fraction of sp³-hybridized carbons (Fsp3) is 0.333. The van der Waals surface area contributed by atoms with E-state index in [0.717, 1.165) is 6.07 Å². The van der Waals surface area contributed by atoms with Gasteiger partial charge in [-0.3, -0.25) is 15.0 Å². The van der Waals surface area contributed by atoms with Gasteiger partial charge >= 0.3 is 5.69 Å². The number of hydrogen-bond donors (Lipinski definition) is 1. The van der Waals surface area contributed by atoms with Crippen molar-refractivity contribution < 1.29 is 22.6 Å². The second-order valence-electron chi connectivity index (χ2n) is 3.35. The predicted molar refractivity (Wildman–Crippen MR) is 59.7 cm³/mol. The lowest BCUT2D eigenvalue weighted by Gasteiger charge is -2.07. The molecule has 0 fully saturated rings. The molecule has 1 N–H and O–H groups in total. The number of halogens is 1. The first kappa shape index (κ1) is 14.5. The van der Waals surface area contributed by atoms with E-state index in [9.17, 15) is 22.9 Å². The van der Waals surface area contributed by atoms with Gasteiger partial charge in [-0.25, -0.2) is 8.42 Å². The minimum atomic E-state index is -4.06. The molecule has 0 aliphatic heterocycles. The van der Waals surface area contributed by atoms with Gasteiger partial charge in [-0.05, 0) is 25.5 Å². The summed E-state index contributed by atoms with van der Waals surface area (Å²) in [7, 11) is -4.06. The van der Waals surface area contributed by atoms with Crippen LogP contribution in [-0.4, -0.2) is 19.9 Å². The molecule has 0 aliphatic rings. The Balaban J connectivity index is 3.31. The Morgan fingerprint density at radius 3 is 2.61 bits per heavy atom. The summed E-state index contributed by atoms with van der Waals surface area (Å²) in [5.74, 6) is -1.06. The zero-order valence-corrected chi connectivity index (χ0v) is 10.5. The zero-order valence-electron chi connectivity index (χ0n) is 9.64. The van der Waals surface area contributed by atoms with Gasteiger partial charge in [0.2, 0.25) is 5.82 Å². The Hall–Kier alpha value is -1.58. The Morgan fingerprint density at radius 1 is 1.50 bits per heavy atom. The van der Waals surface area contributed by atoms with Crippen molar-refractivity contribution >= 4 is 15.7 Å². The van der Waals surface area contributed by atoms with Crippen molar-refractivity contribution in [3.8, 4) is 0 Å². The summed E-state index contributed by atoms with van der Waals surface area (Å²) in [4.78, 5) is 15.5. The Morgan fingerprint density at radius 2 is 2.11 bits per heavy atom. The van der Waals surface area contributed by atoms with Gasteiger partial charge in [-0.15, -0.1) is 0 Å². The van der Waals surface area contributed by atoms with Crippen LogP contribution in [0.15, 0.2) is 17.0 Å². The molecular formula is C9H11FN2O5S. The summed E-state index contributed by atoms with van der Waals surface area (Å²) in [6, 6.07) is 1.63. The molecule has 1 aromatic carbocycles. The number of aryl methyl sites for hydroxylation is 1. The van der Waals surface area contributed by atoms with Crippen LogP contribution in [0, 0.1) is 22.9 Å². The van der Waals surface area contributed by atoms with Crippen LogP contribution in [0.3, 0.4) is 0 Å². The maximum atomic E-state index is 13.4. The number of nitrogens with zero attached hydrogens (tertiary/aromatic N) is 1. The van der Waals surface area contributed by atoms with Gasteiger partial charge < -0.3 is 0 Å². The molecule has 0 spiro atoms. The molecule has 0 amide bonds. The van der Waals surface area contributed by atoms with E-state index in [0.29, 0.717) is 6.07 Å². The molecule has 1 rings (SSSR count). The molecule has 0 aliphatic carbocycles. The first-order valence-electron chi connectivity index (χ1n) is 4.87. The second-order valence-corrected chi connectivity index (χ2v) is 5.00. The first-order chi connectivity index (χ1) is 8.29.